The molecule has 0 aromatic carbocycles. The normalized spacial score (nSPS) is 20.9. The summed E-state index contributed by atoms with van der Waals surface area (Å²) in [5, 5.41) is 0. The van der Waals surface area contributed by atoms with Crippen molar-refractivity contribution >= 4 is 6.29 Å². The summed E-state index contributed by atoms with van der Waals surface area (Å²) in [6, 6.07) is 0. The molecule has 132 valence electrons. The molecule has 0 aromatic heterocycles. The van der Waals surface area contributed by atoms with E-state index in [4.69, 9.17) is 0 Å². The van der Waals surface area contributed by atoms with Gasteiger partial charge in [0, 0.05) is 0 Å². The van der Waals surface area contributed by atoms with E-state index in [1.54, 1.807) is 0 Å². The van der Waals surface area contributed by atoms with Crippen LogP contribution in [0.25, 0.3) is 0 Å². The molecule has 2 nitrogen and oxygen atoms in total. The Bertz CT molecular complexity index is 403. The third-order valence-electron chi connectivity index (χ3n) is 2.96. The van der Waals surface area contributed by atoms with Crippen LogP contribution >= 0.6 is 0 Å². The van der Waals surface area contributed by atoms with Gasteiger partial charge in [-0.25, -0.2) is 8.78 Å². The van der Waals surface area contributed by atoms with E-state index in [9.17, 15) is 48.7 Å². The van der Waals surface area contributed by atoms with Crippen molar-refractivity contribution in [2.24, 2.45) is 0 Å². The molecule has 0 aliphatic carbocycles. The molecule has 0 saturated heterocycles. The van der Waals surface area contributed by atoms with Gasteiger partial charge in [0.1, 0.15) is 5.60 Å². The Morgan fingerprint density at radius 1 is 1.00 bits per heavy atom. The molecule has 0 fully saturated rings. The second-order valence-electron chi connectivity index (χ2n) is 4.48. The first-order chi connectivity index (χ1) is 9.48. The molecule has 3 atom stereocenters. The van der Waals surface area contributed by atoms with E-state index in [0.717, 1.165) is 0 Å². The van der Waals surface area contributed by atoms with Gasteiger partial charge in [0.15, 0.2) is 6.29 Å². The largest absolute Gasteiger partial charge is 0.432 e. The molecule has 0 saturated carbocycles. The summed E-state index contributed by atoms with van der Waals surface area (Å²) >= 11 is 0. The zero-order valence-corrected chi connectivity index (χ0v) is 11.0. The average molecular weight is 352 g/mol. The molecule has 0 heterocycles. The van der Waals surface area contributed by atoms with Gasteiger partial charge in [0.25, 0.3) is 11.8 Å². The first-order valence-corrected chi connectivity index (χ1v) is 5.49. The van der Waals surface area contributed by atoms with Crippen LogP contribution in [0.2, 0.25) is 0 Å². The van der Waals surface area contributed by atoms with Crippen molar-refractivity contribution in [2.45, 2.75) is 56.2 Å². The van der Waals surface area contributed by atoms with Gasteiger partial charge >= 0.3 is 18.5 Å². The third-order valence-corrected chi connectivity index (χ3v) is 2.96. The maximum Gasteiger partial charge on any atom is 0.432 e. The van der Waals surface area contributed by atoms with E-state index < -0.39 is 48.6 Å². The Hall–Kier alpha value is -1.07. The monoisotopic (exact) mass is 352 g/mol. The van der Waals surface area contributed by atoms with Gasteiger partial charge in [0.2, 0.25) is 0 Å². The molecule has 0 aromatic rings. The zero-order chi connectivity index (χ0) is 18.2. The molecule has 12 heteroatoms. The minimum atomic E-state index is -6.17. The van der Waals surface area contributed by atoms with E-state index in [0.29, 0.717) is 6.92 Å². The number of hydrogen-bond acceptors (Lipinski definition) is 2. The zero-order valence-electron chi connectivity index (χ0n) is 11.0. The Kier molecular flexibility index (Phi) is 5.57. The van der Waals surface area contributed by atoms with Crippen LogP contribution in [0.5, 0.6) is 0 Å². The second-order valence-corrected chi connectivity index (χ2v) is 4.48. The van der Waals surface area contributed by atoms with Crippen LogP contribution < -0.4 is 0 Å². The average Bonchev–Trinajstić information content (AvgIpc) is 2.33. The Labute approximate surface area is 117 Å². The van der Waals surface area contributed by atoms with E-state index in [1.165, 1.54) is 0 Å². The number of carbonyl (C=O) groups is 1. The summed E-state index contributed by atoms with van der Waals surface area (Å²) in [6.45, 7) is 0.631. The van der Waals surface area contributed by atoms with Gasteiger partial charge in [-0.1, -0.05) is 6.92 Å². The van der Waals surface area contributed by atoms with Crippen LogP contribution in [0, 0.1) is 0 Å². The molecule has 0 spiro atoms. The summed E-state index contributed by atoms with van der Waals surface area (Å²) < 4.78 is 129. The molecular formula is C10H10F10O2. The number of ether oxygens (including phenoxy) is 1. The molecule has 0 rings (SSSR count). The van der Waals surface area contributed by atoms with Crippen molar-refractivity contribution in [1.29, 1.82) is 0 Å². The minimum Gasteiger partial charge on any atom is -0.307 e. The fraction of sp³-hybridized carbons (Fsp3) is 0.900. The van der Waals surface area contributed by atoms with E-state index >= 15 is 0 Å². The topological polar surface area (TPSA) is 26.3 Å². The lowest BCUT2D eigenvalue weighted by Crippen LogP contribution is -2.64. The van der Waals surface area contributed by atoms with Crippen LogP contribution in [-0.4, -0.2) is 42.2 Å². The highest BCUT2D eigenvalue weighted by molar-refractivity contribution is 5.66. The standard InChI is InChI=1S/C10H10F10O2/c1-3-6(2,7(12,4-21)10(18,19)20)22-9(16,17)5(11)8(13,14)15/h4-5H,3H2,1-2H3. The van der Waals surface area contributed by atoms with Crippen molar-refractivity contribution in [2.75, 3.05) is 0 Å². The fourth-order valence-corrected chi connectivity index (χ4v) is 1.44. The van der Waals surface area contributed by atoms with Gasteiger partial charge < -0.3 is 4.74 Å². The van der Waals surface area contributed by atoms with Crippen LogP contribution in [0.15, 0.2) is 0 Å². The Balaban J connectivity index is 5.83. The van der Waals surface area contributed by atoms with E-state index in [2.05, 4.69) is 4.74 Å². The van der Waals surface area contributed by atoms with Crippen molar-refractivity contribution in [3.63, 3.8) is 0 Å². The van der Waals surface area contributed by atoms with Crippen molar-refractivity contribution < 1.29 is 53.4 Å². The van der Waals surface area contributed by atoms with Gasteiger partial charge in [0.05, 0.1) is 0 Å². The fourth-order valence-electron chi connectivity index (χ4n) is 1.44. The SMILES string of the molecule is CCC(C)(OC(F)(F)C(F)C(F)(F)F)C(F)(C=O)C(F)(F)F. The van der Waals surface area contributed by atoms with Crippen LogP contribution in [0.1, 0.15) is 20.3 Å². The number of carbonyl (C=O) groups excluding carboxylic acids is 1. The highest BCUT2D eigenvalue weighted by Crippen LogP contribution is 2.48. The third kappa shape index (κ3) is 3.63. The first-order valence-electron chi connectivity index (χ1n) is 5.49. The highest BCUT2D eigenvalue weighted by atomic mass is 19.4. The van der Waals surface area contributed by atoms with Crippen molar-refractivity contribution in [3.05, 3.63) is 0 Å². The molecule has 0 amide bonds. The van der Waals surface area contributed by atoms with Crippen LogP contribution in [0.3, 0.4) is 0 Å². The van der Waals surface area contributed by atoms with Gasteiger partial charge in [-0.05, 0) is 13.3 Å². The van der Waals surface area contributed by atoms with E-state index in [1.807, 2.05) is 0 Å². The summed E-state index contributed by atoms with van der Waals surface area (Å²) in [6.07, 6.45) is -25.8. The number of aldehydes is 1. The maximum absolute atomic E-state index is 13.8. The van der Waals surface area contributed by atoms with Gasteiger partial charge in [-0.3, -0.25) is 4.79 Å². The summed E-state index contributed by atoms with van der Waals surface area (Å²) in [5.74, 6) is 0. The highest BCUT2D eigenvalue weighted by Gasteiger charge is 2.71. The lowest BCUT2D eigenvalue weighted by atomic mass is 9.83. The smallest absolute Gasteiger partial charge is 0.307 e. The lowest BCUT2D eigenvalue weighted by Gasteiger charge is -2.41. The van der Waals surface area contributed by atoms with Crippen molar-refractivity contribution in [3.8, 4) is 0 Å². The predicted octanol–water partition coefficient (Wildman–Crippen LogP) is 4.13. The number of alkyl halides is 10. The van der Waals surface area contributed by atoms with Gasteiger partial charge in [-0.2, -0.15) is 35.1 Å². The Morgan fingerprint density at radius 2 is 1.41 bits per heavy atom. The molecule has 3 unspecified atom stereocenters. The van der Waals surface area contributed by atoms with Gasteiger partial charge in [-0.15, -0.1) is 0 Å². The maximum atomic E-state index is 13.8. The lowest BCUT2D eigenvalue weighted by molar-refractivity contribution is -0.391. The Morgan fingerprint density at radius 3 is 1.64 bits per heavy atom. The first kappa shape index (κ1) is 20.9. The van der Waals surface area contributed by atoms with E-state index in [-0.39, 0.29) is 6.92 Å². The summed E-state index contributed by atoms with van der Waals surface area (Å²) in [5.41, 5.74) is -8.85. The molecular weight excluding hydrogens is 342 g/mol. The number of halogens is 10. The summed E-state index contributed by atoms with van der Waals surface area (Å²) in [4.78, 5) is 10.4. The summed E-state index contributed by atoms with van der Waals surface area (Å²) in [7, 11) is 0. The molecule has 0 radical (unpaired) electrons. The number of hydrogen-bond donors (Lipinski definition) is 0. The van der Waals surface area contributed by atoms with Crippen molar-refractivity contribution in [1.82, 2.24) is 0 Å². The second kappa shape index (κ2) is 5.85. The quantitative estimate of drug-likeness (QED) is 0.531. The molecule has 22 heavy (non-hydrogen) atoms. The molecule has 0 aliphatic heterocycles. The minimum absolute atomic E-state index is 0.00804. The number of rotatable bonds is 6. The predicted molar refractivity (Wildman–Crippen MR) is 51.6 cm³/mol. The van der Waals surface area contributed by atoms with Crippen LogP contribution in [-0.2, 0) is 9.53 Å². The molecule has 0 aliphatic rings. The molecule has 0 N–H and O–H groups in total. The molecule has 0 bridgehead atoms. The van der Waals surface area contributed by atoms with Crippen LogP contribution in [0.4, 0.5) is 43.9 Å².